The Morgan fingerprint density at radius 2 is 1.63 bits per heavy atom. The molecule has 3 atom stereocenters. The van der Waals surface area contributed by atoms with Gasteiger partial charge in [-0.1, -0.05) is 18.6 Å². The fraction of sp³-hybridized carbons (Fsp3) is 0.462. The maximum atomic E-state index is 13.9. The number of ether oxygens (including phenoxy) is 3. The SMILES string of the molecule is COc1cc(C(=O)NC2C[C@H]3CCC[C@@H](C2)N3CC(=O)Nc2ccccc2F)cc(OC)c1OC. The minimum absolute atomic E-state index is 0.0113. The number of methoxy groups -OCH3 is 3. The third kappa shape index (κ3) is 5.51. The molecule has 2 N–H and O–H groups in total. The lowest BCUT2D eigenvalue weighted by atomic mass is 9.81. The number of amides is 2. The zero-order valence-corrected chi connectivity index (χ0v) is 20.3. The van der Waals surface area contributed by atoms with E-state index >= 15 is 0 Å². The number of carbonyl (C=O) groups excluding carboxylic acids is 2. The van der Waals surface area contributed by atoms with E-state index in [1.807, 2.05) is 0 Å². The highest BCUT2D eigenvalue weighted by molar-refractivity contribution is 5.96. The Labute approximate surface area is 204 Å². The van der Waals surface area contributed by atoms with Crippen molar-refractivity contribution in [3.63, 3.8) is 0 Å². The Bertz CT molecular complexity index is 1040. The van der Waals surface area contributed by atoms with Crippen LogP contribution in [0.25, 0.3) is 0 Å². The monoisotopic (exact) mass is 485 g/mol. The van der Waals surface area contributed by atoms with E-state index in [4.69, 9.17) is 14.2 Å². The highest BCUT2D eigenvalue weighted by Crippen LogP contribution is 2.38. The van der Waals surface area contributed by atoms with Gasteiger partial charge in [0.05, 0.1) is 33.6 Å². The van der Waals surface area contributed by atoms with Crippen LogP contribution in [-0.2, 0) is 4.79 Å². The van der Waals surface area contributed by atoms with Crippen LogP contribution < -0.4 is 24.8 Å². The number of anilines is 1. The normalized spacial score (nSPS) is 21.7. The van der Waals surface area contributed by atoms with Gasteiger partial charge in [0.1, 0.15) is 5.82 Å². The molecule has 2 aliphatic heterocycles. The van der Waals surface area contributed by atoms with Gasteiger partial charge in [-0.15, -0.1) is 0 Å². The maximum absolute atomic E-state index is 13.9. The second kappa shape index (κ2) is 10.9. The number of piperidine rings is 2. The van der Waals surface area contributed by atoms with Crippen molar-refractivity contribution >= 4 is 17.5 Å². The van der Waals surface area contributed by atoms with Crippen LogP contribution in [0.5, 0.6) is 17.2 Å². The van der Waals surface area contributed by atoms with Gasteiger partial charge in [-0.05, 0) is 49.9 Å². The van der Waals surface area contributed by atoms with Crippen molar-refractivity contribution in [3.8, 4) is 17.2 Å². The third-order valence-electron chi connectivity index (χ3n) is 6.86. The van der Waals surface area contributed by atoms with E-state index in [2.05, 4.69) is 15.5 Å². The van der Waals surface area contributed by atoms with Gasteiger partial charge in [0.25, 0.3) is 5.91 Å². The van der Waals surface area contributed by atoms with Gasteiger partial charge in [0.15, 0.2) is 11.5 Å². The molecule has 0 aromatic heterocycles. The van der Waals surface area contributed by atoms with E-state index in [1.165, 1.54) is 27.4 Å². The van der Waals surface area contributed by atoms with Crippen molar-refractivity contribution in [2.75, 3.05) is 33.2 Å². The van der Waals surface area contributed by atoms with Gasteiger partial charge in [-0.3, -0.25) is 14.5 Å². The second-order valence-corrected chi connectivity index (χ2v) is 8.99. The molecule has 0 radical (unpaired) electrons. The first kappa shape index (κ1) is 24.8. The fourth-order valence-electron chi connectivity index (χ4n) is 5.25. The van der Waals surface area contributed by atoms with Gasteiger partial charge in [0, 0.05) is 23.7 Å². The molecule has 4 rings (SSSR count). The van der Waals surface area contributed by atoms with Crippen LogP contribution in [0.2, 0.25) is 0 Å². The number of benzene rings is 2. The van der Waals surface area contributed by atoms with E-state index in [0.29, 0.717) is 22.8 Å². The largest absolute Gasteiger partial charge is 0.493 e. The molecular formula is C26H32FN3O5. The van der Waals surface area contributed by atoms with Crippen LogP contribution in [0.15, 0.2) is 36.4 Å². The molecule has 2 aromatic carbocycles. The van der Waals surface area contributed by atoms with Crippen molar-refractivity contribution in [3.05, 3.63) is 47.8 Å². The molecule has 2 amide bonds. The highest BCUT2D eigenvalue weighted by atomic mass is 19.1. The number of nitrogens with zero attached hydrogens (tertiary/aromatic N) is 1. The second-order valence-electron chi connectivity index (χ2n) is 8.99. The first-order valence-electron chi connectivity index (χ1n) is 11.8. The van der Waals surface area contributed by atoms with Crippen LogP contribution in [-0.4, -0.2) is 62.7 Å². The Morgan fingerprint density at radius 3 is 2.20 bits per heavy atom. The molecule has 0 saturated carbocycles. The fourth-order valence-corrected chi connectivity index (χ4v) is 5.25. The number of halogens is 1. The minimum Gasteiger partial charge on any atom is -0.493 e. The van der Waals surface area contributed by atoms with Crippen LogP contribution in [0.4, 0.5) is 10.1 Å². The summed E-state index contributed by atoms with van der Waals surface area (Å²) in [5, 5.41) is 5.84. The van der Waals surface area contributed by atoms with Gasteiger partial charge in [-0.25, -0.2) is 4.39 Å². The van der Waals surface area contributed by atoms with E-state index < -0.39 is 5.82 Å². The van der Waals surface area contributed by atoms with Crippen LogP contribution in [0, 0.1) is 5.82 Å². The number of fused-ring (bicyclic) bond motifs is 2. The molecule has 188 valence electrons. The van der Waals surface area contributed by atoms with Gasteiger partial charge in [0.2, 0.25) is 11.7 Å². The maximum Gasteiger partial charge on any atom is 0.251 e. The van der Waals surface area contributed by atoms with Crippen molar-refractivity contribution in [2.24, 2.45) is 0 Å². The lowest BCUT2D eigenvalue weighted by Gasteiger charge is -2.48. The van der Waals surface area contributed by atoms with Gasteiger partial charge in [-0.2, -0.15) is 0 Å². The zero-order chi connectivity index (χ0) is 24.9. The Kier molecular flexibility index (Phi) is 7.75. The molecule has 1 unspecified atom stereocenters. The molecule has 2 heterocycles. The third-order valence-corrected chi connectivity index (χ3v) is 6.86. The van der Waals surface area contributed by atoms with Crippen molar-refractivity contribution < 1.29 is 28.2 Å². The topological polar surface area (TPSA) is 89.1 Å². The van der Waals surface area contributed by atoms with Crippen molar-refractivity contribution in [2.45, 2.75) is 50.2 Å². The van der Waals surface area contributed by atoms with E-state index in [0.717, 1.165) is 32.1 Å². The summed E-state index contributed by atoms with van der Waals surface area (Å²) in [6, 6.07) is 9.79. The summed E-state index contributed by atoms with van der Waals surface area (Å²) in [7, 11) is 4.54. The molecule has 2 bridgehead atoms. The smallest absolute Gasteiger partial charge is 0.251 e. The van der Waals surface area contributed by atoms with Crippen LogP contribution in [0.3, 0.4) is 0 Å². The Hall–Kier alpha value is -3.33. The Morgan fingerprint density at radius 1 is 1.00 bits per heavy atom. The predicted molar refractivity (Wildman–Crippen MR) is 130 cm³/mol. The summed E-state index contributed by atoms with van der Waals surface area (Å²) in [6.45, 7) is 0.206. The molecular weight excluding hydrogens is 453 g/mol. The molecule has 8 nitrogen and oxygen atoms in total. The molecule has 2 aromatic rings. The lowest BCUT2D eigenvalue weighted by molar-refractivity contribution is -0.120. The standard InChI is InChI=1S/C26H32FN3O5/c1-33-22-11-16(12-23(34-2)25(22)35-3)26(32)28-17-13-18-7-6-8-19(14-17)30(18)15-24(31)29-21-10-5-4-9-20(21)27/h4-5,9-12,17-19H,6-8,13-15H2,1-3H3,(H,28,32)(H,29,31)/t17?,18-,19+. The quantitative estimate of drug-likeness (QED) is 0.594. The molecule has 9 heteroatoms. The number of nitrogens with one attached hydrogen (secondary N) is 2. The summed E-state index contributed by atoms with van der Waals surface area (Å²) in [4.78, 5) is 28.0. The molecule has 2 aliphatic rings. The van der Waals surface area contributed by atoms with Crippen molar-refractivity contribution in [1.82, 2.24) is 10.2 Å². The van der Waals surface area contributed by atoms with Crippen molar-refractivity contribution in [1.29, 1.82) is 0 Å². The number of carbonyl (C=O) groups is 2. The number of para-hydroxylation sites is 1. The summed E-state index contributed by atoms with van der Waals surface area (Å²) in [6.07, 6.45) is 4.51. The first-order chi connectivity index (χ1) is 16.9. The number of hydrogen-bond acceptors (Lipinski definition) is 6. The summed E-state index contributed by atoms with van der Waals surface area (Å²) in [5.41, 5.74) is 0.617. The molecule has 2 saturated heterocycles. The number of rotatable bonds is 8. The van der Waals surface area contributed by atoms with Crippen LogP contribution in [0.1, 0.15) is 42.5 Å². The van der Waals surface area contributed by atoms with E-state index in [1.54, 1.807) is 30.3 Å². The minimum atomic E-state index is -0.450. The van der Waals surface area contributed by atoms with Gasteiger partial charge < -0.3 is 24.8 Å². The highest BCUT2D eigenvalue weighted by Gasteiger charge is 2.39. The van der Waals surface area contributed by atoms with E-state index in [9.17, 15) is 14.0 Å². The van der Waals surface area contributed by atoms with Gasteiger partial charge >= 0.3 is 0 Å². The Balaban J connectivity index is 1.41. The molecule has 0 aliphatic carbocycles. The van der Waals surface area contributed by atoms with E-state index in [-0.39, 0.29) is 42.2 Å². The molecule has 35 heavy (non-hydrogen) atoms. The molecule has 2 fully saturated rings. The summed E-state index contributed by atoms with van der Waals surface area (Å²) in [5.74, 6) is 0.386. The summed E-state index contributed by atoms with van der Waals surface area (Å²) >= 11 is 0. The predicted octanol–water partition coefficient (Wildman–Crippen LogP) is 3.61. The van der Waals surface area contributed by atoms with Crippen LogP contribution >= 0.6 is 0 Å². The first-order valence-corrected chi connectivity index (χ1v) is 11.8. The molecule has 0 spiro atoms. The lowest BCUT2D eigenvalue weighted by Crippen LogP contribution is -2.58. The number of hydrogen-bond donors (Lipinski definition) is 2. The zero-order valence-electron chi connectivity index (χ0n) is 20.3. The average Bonchev–Trinajstić information content (AvgIpc) is 2.84. The summed E-state index contributed by atoms with van der Waals surface area (Å²) < 4.78 is 30.0. The average molecular weight is 486 g/mol.